The molecule has 2 radical (unpaired) electrons. The first kappa shape index (κ1) is 15.5. The molecule has 5 atom stereocenters. The Balaban J connectivity index is 2.62. The fraction of sp³-hybridized carbons (Fsp3) is 1.00. The van der Waals surface area contributed by atoms with Crippen LogP contribution >= 0.6 is 7.60 Å². The average molecular weight is 284 g/mol. The van der Waals surface area contributed by atoms with Crippen molar-refractivity contribution in [3.05, 3.63) is 0 Å². The Kier molecular flexibility index (Phi) is 5.56. The second-order valence-corrected chi connectivity index (χ2v) is 5.88. The van der Waals surface area contributed by atoms with Gasteiger partial charge in [-0.15, -0.1) is 0 Å². The summed E-state index contributed by atoms with van der Waals surface area (Å²) in [6, 6.07) is 0. The Morgan fingerprint density at radius 1 is 1.18 bits per heavy atom. The van der Waals surface area contributed by atoms with E-state index in [1.54, 1.807) is 0 Å². The van der Waals surface area contributed by atoms with E-state index in [9.17, 15) is 19.9 Å². The molecule has 10 heteroatoms. The van der Waals surface area contributed by atoms with E-state index in [1.807, 2.05) is 16.6 Å². The largest absolute Gasteiger partial charge is 0.493 e. The summed E-state index contributed by atoms with van der Waals surface area (Å²) in [4.78, 5) is 17.4. The summed E-state index contributed by atoms with van der Waals surface area (Å²) in [5.41, 5.74) is 0. The lowest BCUT2D eigenvalue weighted by molar-refractivity contribution is -0.272. The minimum absolute atomic E-state index is 0.153. The SMILES string of the molecule is O=P(O)(O)CC[C@H]1OC([O][Al])[C@@H](O)[C@@H](O)[C@@H]1O. The molecular formula is C7H14AlO8P. The van der Waals surface area contributed by atoms with Gasteiger partial charge in [0, 0.05) is 0 Å². The molecule has 0 aromatic rings. The van der Waals surface area contributed by atoms with Gasteiger partial charge in [-0.25, -0.2) is 0 Å². The highest BCUT2D eigenvalue weighted by Crippen LogP contribution is 2.37. The van der Waals surface area contributed by atoms with Crippen molar-refractivity contribution in [2.45, 2.75) is 37.1 Å². The van der Waals surface area contributed by atoms with Crippen molar-refractivity contribution in [1.82, 2.24) is 0 Å². The Morgan fingerprint density at radius 3 is 2.24 bits per heavy atom. The Labute approximate surface area is 106 Å². The number of rotatable bonds is 4. The van der Waals surface area contributed by atoms with E-state index in [1.165, 1.54) is 0 Å². The van der Waals surface area contributed by atoms with E-state index in [2.05, 4.69) is 3.79 Å². The van der Waals surface area contributed by atoms with E-state index < -0.39 is 44.5 Å². The average Bonchev–Trinajstić information content (AvgIpc) is 2.24. The van der Waals surface area contributed by atoms with Gasteiger partial charge in [-0.2, -0.15) is 0 Å². The number of hydrogen-bond donors (Lipinski definition) is 5. The van der Waals surface area contributed by atoms with Crippen LogP contribution in [-0.2, 0) is 13.1 Å². The van der Waals surface area contributed by atoms with Gasteiger partial charge in [0.05, 0.1) is 12.3 Å². The van der Waals surface area contributed by atoms with Crippen molar-refractivity contribution in [2.24, 2.45) is 0 Å². The van der Waals surface area contributed by atoms with Gasteiger partial charge in [0.1, 0.15) is 18.3 Å². The van der Waals surface area contributed by atoms with Crippen molar-refractivity contribution in [1.29, 1.82) is 0 Å². The zero-order chi connectivity index (χ0) is 13.2. The van der Waals surface area contributed by atoms with Crippen LogP contribution < -0.4 is 0 Å². The topological polar surface area (TPSA) is 137 Å². The Morgan fingerprint density at radius 2 is 1.76 bits per heavy atom. The lowest BCUT2D eigenvalue weighted by Gasteiger charge is -2.40. The highest BCUT2D eigenvalue weighted by Gasteiger charge is 2.43. The second kappa shape index (κ2) is 6.08. The second-order valence-electron chi connectivity index (χ2n) is 3.83. The predicted octanol–water partition coefficient (Wildman–Crippen LogP) is -2.54. The molecule has 0 aliphatic carbocycles. The third kappa shape index (κ3) is 4.26. The molecule has 98 valence electrons. The number of aliphatic hydroxyl groups is 3. The van der Waals surface area contributed by atoms with Crippen LogP contribution in [0.2, 0.25) is 0 Å². The minimum atomic E-state index is -4.20. The van der Waals surface area contributed by atoms with Crippen LogP contribution in [0.4, 0.5) is 0 Å². The van der Waals surface area contributed by atoms with Crippen molar-refractivity contribution >= 4 is 24.2 Å². The van der Waals surface area contributed by atoms with Crippen LogP contribution in [0.1, 0.15) is 6.42 Å². The van der Waals surface area contributed by atoms with Crippen molar-refractivity contribution in [2.75, 3.05) is 6.16 Å². The Bertz CT molecular complexity index is 294. The third-order valence-corrected chi connectivity index (χ3v) is 3.62. The maximum absolute atomic E-state index is 10.7. The first-order valence-corrected chi connectivity index (χ1v) is 7.13. The van der Waals surface area contributed by atoms with Crippen LogP contribution in [0, 0.1) is 0 Å². The molecule has 0 aromatic heterocycles. The first-order chi connectivity index (χ1) is 7.76. The molecule has 1 aliphatic heterocycles. The van der Waals surface area contributed by atoms with E-state index in [4.69, 9.17) is 14.5 Å². The zero-order valence-electron chi connectivity index (χ0n) is 8.79. The lowest BCUT2D eigenvalue weighted by Crippen LogP contribution is -2.58. The number of hydrogen-bond acceptors (Lipinski definition) is 6. The van der Waals surface area contributed by atoms with Crippen LogP contribution in [0.3, 0.4) is 0 Å². The van der Waals surface area contributed by atoms with Crippen molar-refractivity contribution in [3.63, 3.8) is 0 Å². The highest BCUT2D eigenvalue weighted by molar-refractivity contribution is 7.51. The predicted molar refractivity (Wildman–Crippen MR) is 55.0 cm³/mol. The van der Waals surface area contributed by atoms with Crippen molar-refractivity contribution < 1.29 is 38.2 Å². The molecule has 0 bridgehead atoms. The summed E-state index contributed by atoms with van der Waals surface area (Å²) in [5.74, 6) is 0. The molecule has 5 N–H and O–H groups in total. The summed E-state index contributed by atoms with van der Waals surface area (Å²) < 4.78 is 20.4. The minimum Gasteiger partial charge on any atom is -0.493 e. The molecule has 0 aromatic carbocycles. The number of ether oxygens (including phenoxy) is 1. The molecule has 1 aliphatic rings. The summed E-state index contributed by atoms with van der Waals surface area (Å²) in [6.45, 7) is 0. The van der Waals surface area contributed by atoms with Gasteiger partial charge in [-0.1, -0.05) is 0 Å². The van der Waals surface area contributed by atoms with E-state index in [0.29, 0.717) is 0 Å². The van der Waals surface area contributed by atoms with Gasteiger partial charge in [-0.05, 0) is 6.42 Å². The van der Waals surface area contributed by atoms with Crippen LogP contribution in [0.5, 0.6) is 0 Å². The van der Waals surface area contributed by atoms with Crippen molar-refractivity contribution in [3.8, 4) is 0 Å². The molecule has 0 saturated carbocycles. The van der Waals surface area contributed by atoms with Gasteiger partial charge >= 0.3 is 24.2 Å². The maximum atomic E-state index is 10.7. The molecule has 0 spiro atoms. The third-order valence-electron chi connectivity index (χ3n) is 2.51. The lowest BCUT2D eigenvalue weighted by atomic mass is 9.97. The van der Waals surface area contributed by atoms with Gasteiger partial charge < -0.3 is 33.6 Å². The normalized spacial score (nSPS) is 39.2. The maximum Gasteiger partial charge on any atom is 0.373 e. The fourth-order valence-electron chi connectivity index (χ4n) is 1.56. The molecular weight excluding hydrogens is 270 g/mol. The van der Waals surface area contributed by atoms with Crippen LogP contribution in [0.15, 0.2) is 0 Å². The first-order valence-electron chi connectivity index (χ1n) is 4.86. The summed E-state index contributed by atoms with van der Waals surface area (Å²) in [5, 5.41) is 28.5. The van der Waals surface area contributed by atoms with E-state index in [0.717, 1.165) is 0 Å². The smallest absolute Gasteiger partial charge is 0.373 e. The molecule has 1 rings (SSSR count). The van der Waals surface area contributed by atoms with Crippen LogP contribution in [0.25, 0.3) is 0 Å². The summed E-state index contributed by atoms with van der Waals surface area (Å²) >= 11 is 1.84. The monoisotopic (exact) mass is 284 g/mol. The highest BCUT2D eigenvalue weighted by atomic mass is 31.2. The molecule has 17 heavy (non-hydrogen) atoms. The van der Waals surface area contributed by atoms with Gasteiger partial charge in [-0.3, -0.25) is 4.57 Å². The zero-order valence-corrected chi connectivity index (χ0v) is 10.8. The van der Waals surface area contributed by atoms with Crippen LogP contribution in [-0.4, -0.2) is 78.6 Å². The van der Waals surface area contributed by atoms with E-state index >= 15 is 0 Å². The molecule has 1 unspecified atom stereocenters. The molecule has 1 heterocycles. The van der Waals surface area contributed by atoms with Gasteiger partial charge in [0.15, 0.2) is 6.29 Å². The Hall–Kier alpha value is 0.482. The van der Waals surface area contributed by atoms with Gasteiger partial charge in [0.2, 0.25) is 0 Å². The molecule has 0 amide bonds. The molecule has 8 nitrogen and oxygen atoms in total. The fourth-order valence-corrected chi connectivity index (χ4v) is 2.38. The standard InChI is InChI=1S/C7H14O8P.Al/c8-4-3(1-2-16(12,13)14)15-7(11)6(10)5(4)9;/h3-10H,1-2H2,(H2,12,13,14);/q-1;+1/t3-,4-,5+,6+,7?;/m1./s1. The summed E-state index contributed by atoms with van der Waals surface area (Å²) in [6.07, 6.45) is -7.15. The molecule has 1 saturated heterocycles. The van der Waals surface area contributed by atoms with E-state index in [-0.39, 0.29) is 6.42 Å². The molecule has 1 fully saturated rings. The quantitative estimate of drug-likeness (QED) is 0.281. The summed E-state index contributed by atoms with van der Waals surface area (Å²) in [7, 11) is -4.20. The van der Waals surface area contributed by atoms with Gasteiger partial charge in [0.25, 0.3) is 0 Å². The number of aliphatic hydroxyl groups excluding tert-OH is 3.